The minimum atomic E-state index is 0.00551. The Hall–Kier alpha value is -0.770. The van der Waals surface area contributed by atoms with Crippen LogP contribution in [-0.4, -0.2) is 19.2 Å². The van der Waals surface area contributed by atoms with Gasteiger partial charge >= 0.3 is 0 Å². The van der Waals surface area contributed by atoms with Gasteiger partial charge in [0.05, 0.1) is 6.67 Å². The average molecular weight is 116 g/mol. The van der Waals surface area contributed by atoms with Crippen LogP contribution >= 0.6 is 0 Å². The SMILES string of the molecule is CCNCNC(=N)N. The second-order valence-electron chi connectivity index (χ2n) is 1.37. The maximum Gasteiger partial charge on any atom is 0.186 e. The largest absolute Gasteiger partial charge is 0.370 e. The van der Waals surface area contributed by atoms with Gasteiger partial charge < -0.3 is 16.4 Å². The lowest BCUT2D eigenvalue weighted by atomic mass is 10.7. The van der Waals surface area contributed by atoms with Crippen LogP contribution in [0.2, 0.25) is 0 Å². The molecule has 8 heavy (non-hydrogen) atoms. The van der Waals surface area contributed by atoms with Crippen LogP contribution in [0.3, 0.4) is 0 Å². The van der Waals surface area contributed by atoms with Gasteiger partial charge in [-0.2, -0.15) is 0 Å². The van der Waals surface area contributed by atoms with Crippen LogP contribution in [0.15, 0.2) is 0 Å². The quantitative estimate of drug-likeness (QED) is 0.166. The zero-order valence-corrected chi connectivity index (χ0v) is 4.99. The maximum atomic E-state index is 6.70. The third kappa shape index (κ3) is 5.23. The highest BCUT2D eigenvalue weighted by molar-refractivity contribution is 5.74. The summed E-state index contributed by atoms with van der Waals surface area (Å²) in [5, 5.41) is 12.2. The van der Waals surface area contributed by atoms with E-state index in [9.17, 15) is 0 Å². The molecule has 0 unspecified atom stereocenters. The van der Waals surface area contributed by atoms with E-state index in [1.165, 1.54) is 0 Å². The van der Waals surface area contributed by atoms with Gasteiger partial charge in [-0.1, -0.05) is 6.92 Å². The zero-order valence-electron chi connectivity index (χ0n) is 4.99. The molecule has 0 bridgehead atoms. The number of guanidine groups is 1. The third-order valence-electron chi connectivity index (χ3n) is 0.654. The van der Waals surface area contributed by atoms with Gasteiger partial charge in [0.25, 0.3) is 0 Å². The fourth-order valence-electron chi connectivity index (χ4n) is 0.283. The molecule has 0 saturated heterocycles. The van der Waals surface area contributed by atoms with Crippen LogP contribution in [-0.2, 0) is 0 Å². The van der Waals surface area contributed by atoms with E-state index in [2.05, 4.69) is 10.6 Å². The first-order chi connectivity index (χ1) is 3.77. The van der Waals surface area contributed by atoms with Gasteiger partial charge in [0.15, 0.2) is 5.96 Å². The first-order valence-electron chi connectivity index (χ1n) is 2.56. The summed E-state index contributed by atoms with van der Waals surface area (Å²) in [6.07, 6.45) is 0. The molecule has 0 aromatic carbocycles. The Kier molecular flexibility index (Phi) is 3.97. The van der Waals surface area contributed by atoms with Gasteiger partial charge in [-0.15, -0.1) is 0 Å². The number of hydrogen-bond donors (Lipinski definition) is 4. The van der Waals surface area contributed by atoms with Gasteiger partial charge in [0, 0.05) is 0 Å². The molecule has 0 spiro atoms. The van der Waals surface area contributed by atoms with E-state index in [0.717, 1.165) is 6.54 Å². The fourth-order valence-corrected chi connectivity index (χ4v) is 0.283. The summed E-state index contributed by atoms with van der Waals surface area (Å²) in [5.74, 6) is 0.00551. The zero-order chi connectivity index (χ0) is 6.41. The Morgan fingerprint density at radius 3 is 2.75 bits per heavy atom. The lowest BCUT2D eigenvalue weighted by Crippen LogP contribution is -2.37. The fraction of sp³-hybridized carbons (Fsp3) is 0.750. The highest BCUT2D eigenvalue weighted by Gasteiger charge is 1.80. The van der Waals surface area contributed by atoms with Gasteiger partial charge in [0.1, 0.15) is 0 Å². The molecule has 0 aromatic rings. The molecule has 0 saturated carbocycles. The summed E-state index contributed by atoms with van der Waals surface area (Å²) in [6, 6.07) is 0. The predicted molar refractivity (Wildman–Crippen MR) is 33.6 cm³/mol. The number of hydrogen-bond acceptors (Lipinski definition) is 2. The third-order valence-corrected chi connectivity index (χ3v) is 0.654. The number of nitrogens with two attached hydrogens (primary N) is 1. The molecule has 4 nitrogen and oxygen atoms in total. The molecule has 0 rings (SSSR count). The summed E-state index contributed by atoms with van der Waals surface area (Å²) < 4.78 is 0. The van der Waals surface area contributed by atoms with Crippen LogP contribution in [0.5, 0.6) is 0 Å². The van der Waals surface area contributed by atoms with Crippen molar-refractivity contribution in [2.75, 3.05) is 13.2 Å². The summed E-state index contributed by atoms with van der Waals surface area (Å²) >= 11 is 0. The van der Waals surface area contributed by atoms with Gasteiger partial charge in [-0.05, 0) is 6.54 Å². The normalized spacial score (nSPS) is 8.62. The smallest absolute Gasteiger partial charge is 0.186 e. The van der Waals surface area contributed by atoms with E-state index in [-0.39, 0.29) is 5.96 Å². The van der Waals surface area contributed by atoms with E-state index >= 15 is 0 Å². The Balaban J connectivity index is 2.82. The molecule has 0 radical (unpaired) electrons. The van der Waals surface area contributed by atoms with Crippen LogP contribution in [0.4, 0.5) is 0 Å². The molecule has 0 aliphatic carbocycles. The first kappa shape index (κ1) is 7.23. The van der Waals surface area contributed by atoms with E-state index in [1.807, 2.05) is 6.92 Å². The van der Waals surface area contributed by atoms with E-state index < -0.39 is 0 Å². The van der Waals surface area contributed by atoms with Gasteiger partial charge in [0.2, 0.25) is 0 Å². The Morgan fingerprint density at radius 2 is 2.38 bits per heavy atom. The van der Waals surface area contributed by atoms with Crippen molar-refractivity contribution in [2.45, 2.75) is 6.92 Å². The second kappa shape index (κ2) is 4.39. The van der Waals surface area contributed by atoms with Crippen molar-refractivity contribution in [3.8, 4) is 0 Å². The molecule has 0 fully saturated rings. The lowest BCUT2D eigenvalue weighted by molar-refractivity contribution is 0.689. The van der Waals surface area contributed by atoms with E-state index in [1.54, 1.807) is 0 Å². The molecule has 0 aliphatic rings. The molecule has 4 heteroatoms. The molecule has 0 aliphatic heterocycles. The molecular weight excluding hydrogens is 104 g/mol. The summed E-state index contributed by atoms with van der Waals surface area (Å²) in [5.41, 5.74) is 4.97. The molecule has 0 amide bonds. The molecule has 0 atom stereocenters. The summed E-state index contributed by atoms with van der Waals surface area (Å²) in [7, 11) is 0. The van der Waals surface area contributed by atoms with E-state index in [4.69, 9.17) is 11.1 Å². The molecule has 0 aromatic heterocycles. The monoisotopic (exact) mass is 116 g/mol. The van der Waals surface area contributed by atoms with Crippen LogP contribution in [0.1, 0.15) is 6.92 Å². The van der Waals surface area contributed by atoms with E-state index in [0.29, 0.717) is 6.67 Å². The molecular formula is C4H12N4. The van der Waals surface area contributed by atoms with Crippen molar-refractivity contribution in [3.63, 3.8) is 0 Å². The van der Waals surface area contributed by atoms with Crippen molar-refractivity contribution < 1.29 is 0 Å². The lowest BCUT2D eigenvalue weighted by Gasteiger charge is -2.01. The van der Waals surface area contributed by atoms with Crippen LogP contribution in [0.25, 0.3) is 0 Å². The van der Waals surface area contributed by atoms with Gasteiger partial charge in [-0.25, -0.2) is 0 Å². The topological polar surface area (TPSA) is 73.9 Å². The Morgan fingerprint density at radius 1 is 1.75 bits per heavy atom. The Bertz CT molecular complexity index is 70.4. The highest BCUT2D eigenvalue weighted by Crippen LogP contribution is 1.49. The van der Waals surface area contributed by atoms with Crippen molar-refractivity contribution >= 4 is 5.96 Å². The second-order valence-corrected chi connectivity index (χ2v) is 1.37. The first-order valence-corrected chi connectivity index (χ1v) is 2.56. The summed E-state index contributed by atoms with van der Waals surface area (Å²) in [6.45, 7) is 3.45. The number of rotatable bonds is 3. The maximum absolute atomic E-state index is 6.70. The van der Waals surface area contributed by atoms with Crippen LogP contribution < -0.4 is 16.4 Å². The Labute approximate surface area is 49.0 Å². The molecule has 0 heterocycles. The van der Waals surface area contributed by atoms with Crippen molar-refractivity contribution in [3.05, 3.63) is 0 Å². The number of nitrogens with one attached hydrogen (secondary N) is 3. The van der Waals surface area contributed by atoms with Crippen molar-refractivity contribution in [1.29, 1.82) is 5.41 Å². The van der Waals surface area contributed by atoms with Crippen molar-refractivity contribution in [1.82, 2.24) is 10.6 Å². The van der Waals surface area contributed by atoms with Gasteiger partial charge in [-0.3, -0.25) is 5.41 Å². The summed E-state index contributed by atoms with van der Waals surface area (Å²) in [4.78, 5) is 0. The standard InChI is InChI=1S/C4H12N4/c1-2-7-3-8-4(5)6/h7H,2-3H2,1H3,(H4,5,6,8). The minimum Gasteiger partial charge on any atom is -0.370 e. The van der Waals surface area contributed by atoms with Crippen LogP contribution in [0, 0.1) is 5.41 Å². The predicted octanol–water partition coefficient (Wildman–Crippen LogP) is -0.964. The average Bonchev–Trinajstić information content (AvgIpc) is 1.66. The molecule has 5 N–H and O–H groups in total. The minimum absolute atomic E-state index is 0.00551. The highest BCUT2D eigenvalue weighted by atomic mass is 15.1. The molecule has 48 valence electrons. The van der Waals surface area contributed by atoms with Crippen molar-refractivity contribution in [2.24, 2.45) is 5.73 Å².